The average molecular weight is 213 g/mol. The summed E-state index contributed by atoms with van der Waals surface area (Å²) in [6, 6.07) is -1.08. The smallest absolute Gasteiger partial charge is 0.242 e. The van der Waals surface area contributed by atoms with E-state index in [9.17, 15) is 14.4 Å². The third-order valence-electron chi connectivity index (χ3n) is 2.18. The van der Waals surface area contributed by atoms with Gasteiger partial charge in [-0.15, -0.1) is 0 Å². The van der Waals surface area contributed by atoms with Crippen LogP contribution in [0.15, 0.2) is 0 Å². The van der Waals surface area contributed by atoms with Crippen molar-refractivity contribution in [2.24, 2.45) is 0 Å². The molecule has 1 aliphatic rings. The zero-order chi connectivity index (χ0) is 11.4. The van der Waals surface area contributed by atoms with Crippen LogP contribution in [0.25, 0.3) is 0 Å². The number of rotatable bonds is 3. The maximum Gasteiger partial charge on any atom is 0.242 e. The molecule has 6 heteroatoms. The van der Waals surface area contributed by atoms with Crippen molar-refractivity contribution in [1.29, 1.82) is 0 Å². The summed E-state index contributed by atoms with van der Waals surface area (Å²) in [5, 5.41) is 7.63. The molecule has 0 aromatic heterocycles. The number of nitrogens with one attached hydrogen (secondary N) is 3. The minimum atomic E-state index is -0.615. The van der Waals surface area contributed by atoms with Gasteiger partial charge in [0, 0.05) is 13.5 Å². The van der Waals surface area contributed by atoms with Crippen LogP contribution >= 0.6 is 0 Å². The number of carbonyl (C=O) groups is 3. The quantitative estimate of drug-likeness (QED) is 0.534. The second-order valence-electron chi connectivity index (χ2n) is 3.56. The highest BCUT2D eigenvalue weighted by Crippen LogP contribution is 1.99. The van der Waals surface area contributed by atoms with Gasteiger partial charge in [0.2, 0.25) is 17.7 Å². The first-order valence-electron chi connectivity index (χ1n) is 4.86. The summed E-state index contributed by atoms with van der Waals surface area (Å²) < 4.78 is 0. The number of carbonyl (C=O) groups excluding carboxylic acids is 3. The second-order valence-corrected chi connectivity index (χ2v) is 3.56. The third kappa shape index (κ3) is 3.23. The van der Waals surface area contributed by atoms with Gasteiger partial charge in [0.05, 0.1) is 0 Å². The predicted octanol–water partition coefficient (Wildman–Crippen LogP) is -1.48. The lowest BCUT2D eigenvalue weighted by molar-refractivity contribution is -0.130. The van der Waals surface area contributed by atoms with Crippen LogP contribution in [0.4, 0.5) is 0 Å². The molecule has 0 radical (unpaired) electrons. The highest BCUT2D eigenvalue weighted by molar-refractivity contribution is 5.92. The molecule has 1 aliphatic heterocycles. The van der Waals surface area contributed by atoms with Gasteiger partial charge in [-0.05, 0) is 13.3 Å². The summed E-state index contributed by atoms with van der Waals surface area (Å²) in [6.07, 6.45) is 0.595. The lowest BCUT2D eigenvalue weighted by Gasteiger charge is -2.15. The van der Waals surface area contributed by atoms with Crippen molar-refractivity contribution in [3.63, 3.8) is 0 Å². The summed E-state index contributed by atoms with van der Waals surface area (Å²) >= 11 is 0. The molecule has 0 spiro atoms. The molecule has 0 bridgehead atoms. The van der Waals surface area contributed by atoms with Gasteiger partial charge in [-0.2, -0.15) is 0 Å². The Morgan fingerprint density at radius 1 is 1.53 bits per heavy atom. The van der Waals surface area contributed by atoms with Crippen molar-refractivity contribution in [2.75, 3.05) is 6.54 Å². The Labute approximate surface area is 87.8 Å². The van der Waals surface area contributed by atoms with Crippen molar-refractivity contribution >= 4 is 17.7 Å². The highest BCUT2D eigenvalue weighted by atomic mass is 16.2. The summed E-state index contributed by atoms with van der Waals surface area (Å²) in [5.74, 6) is -0.779. The van der Waals surface area contributed by atoms with E-state index in [1.165, 1.54) is 6.92 Å². The zero-order valence-corrected chi connectivity index (χ0v) is 8.79. The summed E-state index contributed by atoms with van der Waals surface area (Å²) in [6.45, 7) is 3.49. The first-order chi connectivity index (χ1) is 7.00. The van der Waals surface area contributed by atoms with Crippen LogP contribution in [0.3, 0.4) is 0 Å². The fraction of sp³-hybridized carbons (Fsp3) is 0.667. The largest absolute Gasteiger partial charge is 0.354 e. The van der Waals surface area contributed by atoms with E-state index in [1.54, 1.807) is 6.92 Å². The van der Waals surface area contributed by atoms with Crippen molar-refractivity contribution in [2.45, 2.75) is 32.4 Å². The molecule has 15 heavy (non-hydrogen) atoms. The van der Waals surface area contributed by atoms with Gasteiger partial charge in [0.1, 0.15) is 12.1 Å². The first kappa shape index (κ1) is 11.5. The predicted molar refractivity (Wildman–Crippen MR) is 52.8 cm³/mol. The molecule has 3 N–H and O–H groups in total. The van der Waals surface area contributed by atoms with Crippen LogP contribution in [0.1, 0.15) is 20.3 Å². The first-order valence-corrected chi connectivity index (χ1v) is 4.86. The lowest BCUT2D eigenvalue weighted by Crippen LogP contribution is -2.49. The Morgan fingerprint density at radius 3 is 2.67 bits per heavy atom. The Bertz CT molecular complexity index is 290. The monoisotopic (exact) mass is 213 g/mol. The molecule has 1 saturated heterocycles. The molecule has 0 aliphatic carbocycles. The molecule has 0 aromatic rings. The number of hydrogen-bond acceptors (Lipinski definition) is 3. The van der Waals surface area contributed by atoms with Crippen molar-refractivity contribution in [3.05, 3.63) is 0 Å². The fourth-order valence-electron chi connectivity index (χ4n) is 1.40. The highest BCUT2D eigenvalue weighted by Gasteiger charge is 2.27. The molecule has 1 rings (SSSR count). The summed E-state index contributed by atoms with van der Waals surface area (Å²) in [5.41, 5.74) is 0. The average Bonchev–Trinajstić information content (AvgIpc) is 2.50. The van der Waals surface area contributed by atoms with E-state index < -0.39 is 12.1 Å². The maximum atomic E-state index is 11.5. The summed E-state index contributed by atoms with van der Waals surface area (Å²) in [7, 11) is 0. The third-order valence-corrected chi connectivity index (χ3v) is 2.18. The van der Waals surface area contributed by atoms with Crippen LogP contribution in [0.5, 0.6) is 0 Å². The van der Waals surface area contributed by atoms with Crippen molar-refractivity contribution < 1.29 is 14.4 Å². The van der Waals surface area contributed by atoms with E-state index in [0.29, 0.717) is 13.0 Å². The van der Waals surface area contributed by atoms with Crippen LogP contribution in [-0.4, -0.2) is 36.3 Å². The Balaban J connectivity index is 2.40. The van der Waals surface area contributed by atoms with Gasteiger partial charge in [0.25, 0.3) is 0 Å². The van der Waals surface area contributed by atoms with E-state index in [4.69, 9.17) is 0 Å². The Kier molecular flexibility index (Phi) is 3.65. The molecule has 0 aromatic carbocycles. The van der Waals surface area contributed by atoms with Crippen LogP contribution in [0, 0.1) is 0 Å². The molecule has 2 atom stereocenters. The van der Waals surface area contributed by atoms with Crippen molar-refractivity contribution in [3.8, 4) is 0 Å². The number of amides is 3. The minimum absolute atomic E-state index is 0.168. The number of hydrogen-bond donors (Lipinski definition) is 3. The zero-order valence-electron chi connectivity index (χ0n) is 8.79. The van der Waals surface area contributed by atoms with E-state index in [-0.39, 0.29) is 17.7 Å². The Hall–Kier alpha value is -1.59. The van der Waals surface area contributed by atoms with Gasteiger partial charge >= 0.3 is 0 Å². The maximum absolute atomic E-state index is 11.5. The van der Waals surface area contributed by atoms with Gasteiger partial charge < -0.3 is 16.0 Å². The van der Waals surface area contributed by atoms with Crippen LogP contribution in [0.2, 0.25) is 0 Å². The SMILES string of the molecule is CC(=O)NC(C)C(=O)NC1CCNC1=O. The minimum Gasteiger partial charge on any atom is -0.354 e. The van der Waals surface area contributed by atoms with Crippen LogP contribution < -0.4 is 16.0 Å². The van der Waals surface area contributed by atoms with E-state index in [0.717, 1.165) is 0 Å². The molecule has 6 nitrogen and oxygen atoms in total. The van der Waals surface area contributed by atoms with Gasteiger partial charge in [0.15, 0.2) is 0 Å². The van der Waals surface area contributed by atoms with E-state index in [1.807, 2.05) is 0 Å². The van der Waals surface area contributed by atoms with Crippen molar-refractivity contribution in [1.82, 2.24) is 16.0 Å². The molecule has 0 saturated carbocycles. The normalized spacial score (nSPS) is 21.7. The van der Waals surface area contributed by atoms with E-state index >= 15 is 0 Å². The van der Waals surface area contributed by atoms with Gasteiger partial charge in [-0.1, -0.05) is 0 Å². The fourth-order valence-corrected chi connectivity index (χ4v) is 1.40. The molecule has 2 unspecified atom stereocenters. The molecule has 84 valence electrons. The summed E-state index contributed by atoms with van der Waals surface area (Å²) in [4.78, 5) is 33.3. The van der Waals surface area contributed by atoms with Gasteiger partial charge in [-0.3, -0.25) is 14.4 Å². The standard InChI is InChI=1S/C9H15N3O3/c1-5(11-6(2)13)8(14)12-7-3-4-10-9(7)15/h5,7H,3-4H2,1-2H3,(H,10,15)(H,11,13)(H,12,14). The Morgan fingerprint density at radius 2 is 2.20 bits per heavy atom. The molecule has 1 heterocycles. The molecular formula is C9H15N3O3. The molecular weight excluding hydrogens is 198 g/mol. The lowest BCUT2D eigenvalue weighted by atomic mass is 10.2. The molecule has 3 amide bonds. The second kappa shape index (κ2) is 4.77. The molecule has 1 fully saturated rings. The van der Waals surface area contributed by atoms with Gasteiger partial charge in [-0.25, -0.2) is 0 Å². The topological polar surface area (TPSA) is 87.3 Å². The van der Waals surface area contributed by atoms with E-state index in [2.05, 4.69) is 16.0 Å². The van der Waals surface area contributed by atoms with Crippen LogP contribution in [-0.2, 0) is 14.4 Å².